The van der Waals surface area contributed by atoms with E-state index in [2.05, 4.69) is 11.4 Å². The molecule has 0 atom stereocenters. The van der Waals surface area contributed by atoms with Gasteiger partial charge in [0.05, 0.1) is 7.11 Å². The lowest BCUT2D eigenvalue weighted by Gasteiger charge is -2.10. The zero-order valence-corrected chi connectivity index (χ0v) is 10.6. The first kappa shape index (κ1) is 12.5. The Kier molecular flexibility index (Phi) is 4.20. The number of methoxy groups -OCH3 is 1. The van der Waals surface area contributed by atoms with Gasteiger partial charge in [-0.05, 0) is 36.9 Å². The van der Waals surface area contributed by atoms with E-state index in [0.717, 1.165) is 23.8 Å². The highest BCUT2D eigenvalue weighted by Crippen LogP contribution is 2.31. The van der Waals surface area contributed by atoms with E-state index in [4.69, 9.17) is 9.47 Å². The highest BCUT2D eigenvalue weighted by Gasteiger charge is 2.04. The largest absolute Gasteiger partial charge is 0.493 e. The molecule has 0 aliphatic heterocycles. The summed E-state index contributed by atoms with van der Waals surface area (Å²) in [6.07, 6.45) is 0. The maximum Gasteiger partial charge on any atom is 0.169 e. The van der Waals surface area contributed by atoms with Gasteiger partial charge in [0.1, 0.15) is 5.75 Å². The SMILES string of the molecule is CNCc1cccc(Oc2ccccc2OC)c1. The minimum atomic E-state index is 0.724. The van der Waals surface area contributed by atoms with E-state index in [-0.39, 0.29) is 0 Å². The Bertz CT molecular complexity index is 511. The maximum absolute atomic E-state index is 5.83. The monoisotopic (exact) mass is 243 g/mol. The van der Waals surface area contributed by atoms with E-state index in [0.29, 0.717) is 0 Å². The van der Waals surface area contributed by atoms with Crippen molar-refractivity contribution in [3.05, 3.63) is 54.1 Å². The van der Waals surface area contributed by atoms with Gasteiger partial charge in [-0.1, -0.05) is 24.3 Å². The van der Waals surface area contributed by atoms with Crippen LogP contribution in [0.4, 0.5) is 0 Å². The summed E-state index contributed by atoms with van der Waals surface area (Å²) in [4.78, 5) is 0. The Hall–Kier alpha value is -2.00. The summed E-state index contributed by atoms with van der Waals surface area (Å²) in [5.41, 5.74) is 1.19. The van der Waals surface area contributed by atoms with Gasteiger partial charge in [-0.15, -0.1) is 0 Å². The molecule has 0 heterocycles. The fourth-order valence-corrected chi connectivity index (χ4v) is 1.75. The molecule has 2 rings (SSSR count). The molecular formula is C15H17NO2. The molecule has 3 heteroatoms. The van der Waals surface area contributed by atoms with Crippen LogP contribution in [0, 0.1) is 0 Å². The molecule has 0 aliphatic carbocycles. The van der Waals surface area contributed by atoms with Gasteiger partial charge in [-0.25, -0.2) is 0 Å². The van der Waals surface area contributed by atoms with Crippen LogP contribution in [0.3, 0.4) is 0 Å². The van der Waals surface area contributed by atoms with Crippen LogP contribution in [0.25, 0.3) is 0 Å². The van der Waals surface area contributed by atoms with E-state index < -0.39 is 0 Å². The third-order valence-electron chi connectivity index (χ3n) is 2.58. The Balaban J connectivity index is 2.20. The predicted octanol–water partition coefficient (Wildman–Crippen LogP) is 3.21. The molecule has 0 saturated carbocycles. The minimum absolute atomic E-state index is 0.724. The summed E-state index contributed by atoms with van der Waals surface area (Å²) >= 11 is 0. The van der Waals surface area contributed by atoms with Gasteiger partial charge < -0.3 is 14.8 Å². The van der Waals surface area contributed by atoms with Gasteiger partial charge in [-0.3, -0.25) is 0 Å². The molecule has 3 nitrogen and oxygen atoms in total. The zero-order chi connectivity index (χ0) is 12.8. The van der Waals surface area contributed by atoms with Crippen molar-refractivity contribution < 1.29 is 9.47 Å². The van der Waals surface area contributed by atoms with Crippen LogP contribution in [-0.4, -0.2) is 14.2 Å². The van der Waals surface area contributed by atoms with Crippen molar-refractivity contribution in [1.82, 2.24) is 5.32 Å². The van der Waals surface area contributed by atoms with Gasteiger partial charge >= 0.3 is 0 Å². The first-order valence-electron chi connectivity index (χ1n) is 5.88. The molecule has 18 heavy (non-hydrogen) atoms. The topological polar surface area (TPSA) is 30.5 Å². The number of hydrogen-bond donors (Lipinski definition) is 1. The van der Waals surface area contributed by atoms with E-state index in [1.54, 1.807) is 7.11 Å². The molecule has 2 aromatic carbocycles. The third kappa shape index (κ3) is 3.02. The Morgan fingerprint density at radius 3 is 2.50 bits per heavy atom. The molecule has 1 N–H and O–H groups in total. The Labute approximate surface area is 107 Å². The number of nitrogens with one attached hydrogen (secondary N) is 1. The molecule has 0 unspecified atom stereocenters. The fraction of sp³-hybridized carbons (Fsp3) is 0.200. The summed E-state index contributed by atoms with van der Waals surface area (Å²) in [7, 11) is 3.56. The molecular weight excluding hydrogens is 226 g/mol. The summed E-state index contributed by atoms with van der Waals surface area (Å²) < 4.78 is 11.1. The van der Waals surface area contributed by atoms with Crippen molar-refractivity contribution in [2.75, 3.05) is 14.2 Å². The second kappa shape index (κ2) is 6.07. The zero-order valence-electron chi connectivity index (χ0n) is 10.6. The van der Waals surface area contributed by atoms with Crippen molar-refractivity contribution in [3.63, 3.8) is 0 Å². The quantitative estimate of drug-likeness (QED) is 0.874. The standard InChI is InChI=1S/C15H17NO2/c1-16-11-12-6-5-7-13(10-12)18-15-9-4-3-8-14(15)17-2/h3-10,16H,11H2,1-2H3. The summed E-state index contributed by atoms with van der Waals surface area (Å²) in [6.45, 7) is 0.823. The van der Waals surface area contributed by atoms with Gasteiger partial charge in [-0.2, -0.15) is 0 Å². The third-order valence-corrected chi connectivity index (χ3v) is 2.58. The number of hydrogen-bond acceptors (Lipinski definition) is 3. The molecule has 0 aliphatic rings. The van der Waals surface area contributed by atoms with Crippen LogP contribution < -0.4 is 14.8 Å². The highest BCUT2D eigenvalue weighted by atomic mass is 16.5. The molecule has 0 spiro atoms. The van der Waals surface area contributed by atoms with E-state index in [9.17, 15) is 0 Å². The van der Waals surface area contributed by atoms with Crippen molar-refractivity contribution >= 4 is 0 Å². The number of benzene rings is 2. The minimum Gasteiger partial charge on any atom is -0.493 e. The van der Waals surface area contributed by atoms with Crippen LogP contribution >= 0.6 is 0 Å². The van der Waals surface area contributed by atoms with Crippen LogP contribution in [0.1, 0.15) is 5.56 Å². The van der Waals surface area contributed by atoms with E-state index >= 15 is 0 Å². The number of rotatable bonds is 5. The average molecular weight is 243 g/mol. The van der Waals surface area contributed by atoms with Gasteiger partial charge in [0.15, 0.2) is 11.5 Å². The number of para-hydroxylation sites is 2. The smallest absolute Gasteiger partial charge is 0.169 e. The second-order valence-corrected chi connectivity index (χ2v) is 3.93. The Morgan fingerprint density at radius 1 is 1.00 bits per heavy atom. The van der Waals surface area contributed by atoms with Crippen molar-refractivity contribution in [3.8, 4) is 17.2 Å². The molecule has 94 valence electrons. The molecule has 0 bridgehead atoms. The van der Waals surface area contributed by atoms with Crippen LogP contribution in [0.2, 0.25) is 0 Å². The fourth-order valence-electron chi connectivity index (χ4n) is 1.75. The van der Waals surface area contributed by atoms with Crippen molar-refractivity contribution in [2.24, 2.45) is 0 Å². The van der Waals surface area contributed by atoms with Crippen molar-refractivity contribution in [2.45, 2.75) is 6.54 Å². The maximum atomic E-state index is 5.83. The van der Waals surface area contributed by atoms with E-state index in [1.165, 1.54) is 5.56 Å². The molecule has 0 fully saturated rings. The van der Waals surface area contributed by atoms with Crippen LogP contribution in [-0.2, 0) is 6.54 Å². The lowest BCUT2D eigenvalue weighted by molar-refractivity contribution is 0.378. The molecule has 0 amide bonds. The van der Waals surface area contributed by atoms with Gasteiger partial charge in [0, 0.05) is 6.54 Å². The summed E-state index contributed by atoms with van der Waals surface area (Å²) in [5.74, 6) is 2.27. The predicted molar refractivity (Wildman–Crippen MR) is 72.3 cm³/mol. The molecule has 0 radical (unpaired) electrons. The molecule has 0 aromatic heterocycles. The highest BCUT2D eigenvalue weighted by molar-refractivity contribution is 5.43. The molecule has 2 aromatic rings. The summed E-state index contributed by atoms with van der Waals surface area (Å²) in [5, 5.41) is 3.12. The number of ether oxygens (including phenoxy) is 2. The van der Waals surface area contributed by atoms with Crippen molar-refractivity contribution in [1.29, 1.82) is 0 Å². The first-order valence-corrected chi connectivity index (χ1v) is 5.88. The lowest BCUT2D eigenvalue weighted by Crippen LogP contribution is -2.04. The normalized spacial score (nSPS) is 10.1. The summed E-state index contributed by atoms with van der Waals surface area (Å²) in [6, 6.07) is 15.6. The second-order valence-electron chi connectivity index (χ2n) is 3.93. The van der Waals surface area contributed by atoms with E-state index in [1.807, 2.05) is 49.5 Å². The lowest BCUT2D eigenvalue weighted by atomic mass is 10.2. The van der Waals surface area contributed by atoms with Crippen LogP contribution in [0.15, 0.2) is 48.5 Å². The Morgan fingerprint density at radius 2 is 1.78 bits per heavy atom. The average Bonchev–Trinajstić information content (AvgIpc) is 2.40. The van der Waals surface area contributed by atoms with Gasteiger partial charge in [0.2, 0.25) is 0 Å². The van der Waals surface area contributed by atoms with Crippen LogP contribution in [0.5, 0.6) is 17.2 Å². The first-order chi connectivity index (χ1) is 8.83. The van der Waals surface area contributed by atoms with Gasteiger partial charge in [0.25, 0.3) is 0 Å². The molecule has 0 saturated heterocycles.